The van der Waals surface area contributed by atoms with Gasteiger partial charge in [-0.15, -0.1) is 11.3 Å². The van der Waals surface area contributed by atoms with Crippen LogP contribution in [0.5, 0.6) is 0 Å². The average molecular weight is 322 g/mol. The normalized spacial score (nSPS) is 12.2. The summed E-state index contributed by atoms with van der Waals surface area (Å²) in [5.41, 5.74) is 0.941. The third-order valence-electron chi connectivity index (χ3n) is 3.18. The summed E-state index contributed by atoms with van der Waals surface area (Å²) in [7, 11) is 3.83. The number of aromatic nitrogens is 1. The molecule has 1 unspecified atom stereocenters. The lowest BCUT2D eigenvalue weighted by Crippen LogP contribution is -2.36. The number of halogens is 1. The van der Waals surface area contributed by atoms with Gasteiger partial charge in [-0.2, -0.15) is 0 Å². The van der Waals surface area contributed by atoms with E-state index >= 15 is 0 Å². The van der Waals surface area contributed by atoms with Crippen molar-refractivity contribution in [1.82, 2.24) is 15.2 Å². The summed E-state index contributed by atoms with van der Waals surface area (Å²) < 4.78 is 13.0. The molecule has 0 bridgehead atoms. The van der Waals surface area contributed by atoms with Gasteiger partial charge in [0.05, 0.1) is 6.04 Å². The number of amides is 2. The van der Waals surface area contributed by atoms with Crippen LogP contribution >= 0.6 is 11.3 Å². The highest BCUT2D eigenvalue weighted by Crippen LogP contribution is 2.18. The molecule has 0 saturated carbocycles. The SMILES string of the molecule is Cc1cnc(NC(=O)NCC(c2ccc(F)cc2)N(C)C)s1. The zero-order valence-electron chi connectivity index (χ0n) is 12.8. The van der Waals surface area contributed by atoms with Crippen molar-refractivity contribution in [2.24, 2.45) is 0 Å². The molecule has 1 aromatic carbocycles. The van der Waals surface area contributed by atoms with Crippen LogP contribution in [0.15, 0.2) is 30.5 Å². The van der Waals surface area contributed by atoms with Gasteiger partial charge in [-0.3, -0.25) is 5.32 Å². The number of nitrogens with one attached hydrogen (secondary N) is 2. The van der Waals surface area contributed by atoms with Gasteiger partial charge >= 0.3 is 6.03 Å². The smallest absolute Gasteiger partial charge is 0.321 e. The topological polar surface area (TPSA) is 57.3 Å². The Bertz CT molecular complexity index is 627. The van der Waals surface area contributed by atoms with E-state index in [1.54, 1.807) is 18.3 Å². The predicted molar refractivity (Wildman–Crippen MR) is 86.7 cm³/mol. The molecule has 0 aliphatic rings. The first-order valence-corrected chi connectivity index (χ1v) is 7.66. The van der Waals surface area contributed by atoms with E-state index in [-0.39, 0.29) is 17.9 Å². The fourth-order valence-corrected chi connectivity index (χ4v) is 2.69. The highest BCUT2D eigenvalue weighted by atomic mass is 32.1. The van der Waals surface area contributed by atoms with E-state index in [9.17, 15) is 9.18 Å². The Hall–Kier alpha value is -1.99. The van der Waals surface area contributed by atoms with Gasteiger partial charge in [0.25, 0.3) is 0 Å². The molecule has 1 heterocycles. The van der Waals surface area contributed by atoms with Crippen LogP contribution in [0.2, 0.25) is 0 Å². The van der Waals surface area contributed by atoms with Crippen LogP contribution in [-0.2, 0) is 0 Å². The van der Waals surface area contributed by atoms with Crippen molar-refractivity contribution in [2.75, 3.05) is 26.0 Å². The quantitative estimate of drug-likeness (QED) is 0.889. The molecule has 1 atom stereocenters. The molecule has 5 nitrogen and oxygen atoms in total. The van der Waals surface area contributed by atoms with Crippen molar-refractivity contribution in [2.45, 2.75) is 13.0 Å². The Kier molecular flexibility index (Phi) is 5.46. The minimum Gasteiger partial charge on any atom is -0.336 e. The summed E-state index contributed by atoms with van der Waals surface area (Å²) in [6, 6.07) is 5.95. The fraction of sp³-hybridized carbons (Fsp3) is 0.333. The Labute approximate surface area is 133 Å². The molecule has 118 valence electrons. The van der Waals surface area contributed by atoms with Crippen LogP contribution in [-0.4, -0.2) is 36.6 Å². The molecule has 0 spiro atoms. The molecule has 2 aromatic rings. The molecule has 0 fully saturated rings. The van der Waals surface area contributed by atoms with Crippen molar-refractivity contribution in [3.05, 3.63) is 46.7 Å². The summed E-state index contributed by atoms with van der Waals surface area (Å²) in [6.45, 7) is 2.34. The zero-order valence-corrected chi connectivity index (χ0v) is 13.6. The van der Waals surface area contributed by atoms with Gasteiger partial charge in [0, 0.05) is 17.6 Å². The number of hydrogen-bond acceptors (Lipinski definition) is 4. The molecule has 2 N–H and O–H groups in total. The van der Waals surface area contributed by atoms with Crippen LogP contribution < -0.4 is 10.6 Å². The largest absolute Gasteiger partial charge is 0.336 e. The van der Waals surface area contributed by atoms with Gasteiger partial charge < -0.3 is 10.2 Å². The second kappa shape index (κ2) is 7.33. The summed E-state index contributed by atoms with van der Waals surface area (Å²) in [6.07, 6.45) is 1.71. The maximum atomic E-state index is 13.0. The fourth-order valence-electron chi connectivity index (χ4n) is 2.03. The van der Waals surface area contributed by atoms with E-state index < -0.39 is 0 Å². The maximum absolute atomic E-state index is 13.0. The number of rotatable bonds is 5. The minimum atomic E-state index is -0.302. The summed E-state index contributed by atoms with van der Waals surface area (Å²) in [5.74, 6) is -0.272. The zero-order chi connectivity index (χ0) is 16.1. The average Bonchev–Trinajstić information content (AvgIpc) is 2.86. The molecular weight excluding hydrogens is 303 g/mol. The molecule has 0 radical (unpaired) electrons. The monoisotopic (exact) mass is 322 g/mol. The molecule has 1 aromatic heterocycles. The van der Waals surface area contributed by atoms with E-state index in [2.05, 4.69) is 15.6 Å². The van der Waals surface area contributed by atoms with Gasteiger partial charge in [-0.25, -0.2) is 14.2 Å². The van der Waals surface area contributed by atoms with Crippen LogP contribution in [0, 0.1) is 12.7 Å². The molecule has 0 aliphatic carbocycles. The third-order valence-corrected chi connectivity index (χ3v) is 4.00. The van der Waals surface area contributed by atoms with E-state index in [0.717, 1.165) is 10.4 Å². The Morgan fingerprint density at radius 3 is 2.59 bits per heavy atom. The number of hydrogen-bond donors (Lipinski definition) is 2. The summed E-state index contributed by atoms with van der Waals surface area (Å²) >= 11 is 1.42. The second-order valence-corrected chi connectivity index (χ2v) is 6.38. The molecule has 2 rings (SSSR count). The number of anilines is 1. The minimum absolute atomic E-state index is 0.0376. The number of urea groups is 1. The van der Waals surface area contributed by atoms with Crippen LogP contribution in [0.25, 0.3) is 0 Å². The van der Waals surface area contributed by atoms with E-state index in [1.807, 2.05) is 25.9 Å². The maximum Gasteiger partial charge on any atom is 0.321 e. The van der Waals surface area contributed by atoms with E-state index in [0.29, 0.717) is 11.7 Å². The molecule has 2 amide bonds. The van der Waals surface area contributed by atoms with Gasteiger partial charge in [-0.05, 0) is 38.7 Å². The van der Waals surface area contributed by atoms with Crippen molar-refractivity contribution >= 4 is 22.5 Å². The number of benzene rings is 1. The van der Waals surface area contributed by atoms with Crippen molar-refractivity contribution < 1.29 is 9.18 Å². The lowest BCUT2D eigenvalue weighted by molar-refractivity contribution is 0.243. The molecular formula is C15H19FN4OS. The first kappa shape index (κ1) is 16.4. The lowest BCUT2D eigenvalue weighted by Gasteiger charge is -2.25. The lowest BCUT2D eigenvalue weighted by atomic mass is 10.1. The van der Waals surface area contributed by atoms with Crippen LogP contribution in [0.4, 0.5) is 14.3 Å². The Morgan fingerprint density at radius 2 is 2.05 bits per heavy atom. The number of nitrogens with zero attached hydrogens (tertiary/aromatic N) is 2. The third kappa shape index (κ3) is 4.51. The first-order valence-electron chi connectivity index (χ1n) is 6.85. The summed E-state index contributed by atoms with van der Waals surface area (Å²) in [4.78, 5) is 19.0. The Morgan fingerprint density at radius 1 is 1.36 bits per heavy atom. The van der Waals surface area contributed by atoms with Gasteiger partial charge in [-0.1, -0.05) is 12.1 Å². The number of likely N-dealkylation sites (N-methyl/N-ethyl adjacent to an activating group) is 1. The van der Waals surface area contributed by atoms with Gasteiger partial charge in [0.2, 0.25) is 0 Å². The molecule has 7 heteroatoms. The molecule has 0 saturated heterocycles. The number of carbonyl (C=O) groups excluding carboxylic acids is 1. The number of thiazole rings is 1. The van der Waals surface area contributed by atoms with Crippen LogP contribution in [0.1, 0.15) is 16.5 Å². The number of carbonyl (C=O) groups is 1. The summed E-state index contributed by atoms with van der Waals surface area (Å²) in [5, 5.41) is 6.08. The van der Waals surface area contributed by atoms with Gasteiger partial charge in [0.1, 0.15) is 5.82 Å². The van der Waals surface area contributed by atoms with Crippen molar-refractivity contribution in [3.63, 3.8) is 0 Å². The van der Waals surface area contributed by atoms with Crippen molar-refractivity contribution in [3.8, 4) is 0 Å². The van der Waals surface area contributed by atoms with Crippen molar-refractivity contribution in [1.29, 1.82) is 0 Å². The molecule has 22 heavy (non-hydrogen) atoms. The standard InChI is InChI=1S/C15H19FN4OS/c1-10-8-18-15(22-10)19-14(21)17-9-13(20(2)3)11-4-6-12(16)7-5-11/h4-8,13H,9H2,1-3H3,(H2,17,18,19,21). The highest BCUT2D eigenvalue weighted by molar-refractivity contribution is 7.15. The van der Waals surface area contributed by atoms with Gasteiger partial charge in [0.15, 0.2) is 5.13 Å². The van der Waals surface area contributed by atoms with E-state index in [4.69, 9.17) is 0 Å². The first-order chi connectivity index (χ1) is 10.5. The van der Waals surface area contributed by atoms with E-state index in [1.165, 1.54) is 23.5 Å². The molecule has 0 aliphatic heterocycles. The predicted octanol–water partition coefficient (Wildman–Crippen LogP) is 3.02. The second-order valence-electron chi connectivity index (χ2n) is 5.14. The van der Waals surface area contributed by atoms with Crippen LogP contribution in [0.3, 0.4) is 0 Å². The Balaban J connectivity index is 1.94. The number of aryl methyl sites for hydroxylation is 1. The highest BCUT2D eigenvalue weighted by Gasteiger charge is 2.15.